The summed E-state index contributed by atoms with van der Waals surface area (Å²) >= 11 is 0. The molecule has 6 heteroatoms. The van der Waals surface area contributed by atoms with Gasteiger partial charge in [-0.25, -0.2) is 4.39 Å². The quantitative estimate of drug-likeness (QED) is 0.370. The molecule has 2 aromatic rings. The Morgan fingerprint density at radius 2 is 1.81 bits per heavy atom. The summed E-state index contributed by atoms with van der Waals surface area (Å²) in [5.41, 5.74) is 2.23. The van der Waals surface area contributed by atoms with E-state index in [1.54, 1.807) is 19.2 Å². The molecule has 0 heterocycles. The van der Waals surface area contributed by atoms with Gasteiger partial charge in [0.15, 0.2) is 5.96 Å². The minimum Gasteiger partial charge on any atom is -0.356 e. The first-order valence-electron chi connectivity index (χ1n) is 8.50. The van der Waals surface area contributed by atoms with Crippen LogP contribution >= 0.6 is 24.0 Å². The molecule has 0 bridgehead atoms. The van der Waals surface area contributed by atoms with Gasteiger partial charge in [0.05, 0.1) is 6.04 Å². The molecule has 26 heavy (non-hydrogen) atoms. The predicted octanol–water partition coefficient (Wildman–Crippen LogP) is 3.45. The number of halogens is 2. The Hall–Kier alpha value is -1.67. The summed E-state index contributed by atoms with van der Waals surface area (Å²) in [6, 6.07) is 17.3. The van der Waals surface area contributed by atoms with Crippen LogP contribution in [0.3, 0.4) is 0 Å². The standard InChI is InChI=1S/C20H27FN4.HI/c1-22-20(23-13-12-16-8-7-11-18(21)14-16)24-15-19(25(2)3)17-9-5-4-6-10-17;/h4-11,14,19H,12-13,15H2,1-3H3,(H2,22,23,24);1H. The van der Waals surface area contributed by atoms with Gasteiger partial charge < -0.3 is 15.5 Å². The Balaban J connectivity index is 0.00000338. The number of guanidine groups is 1. The zero-order valence-corrected chi connectivity index (χ0v) is 17.9. The molecule has 0 aliphatic rings. The van der Waals surface area contributed by atoms with E-state index >= 15 is 0 Å². The van der Waals surface area contributed by atoms with Crippen molar-refractivity contribution in [2.24, 2.45) is 4.99 Å². The molecule has 0 amide bonds. The van der Waals surface area contributed by atoms with E-state index in [1.807, 2.05) is 12.1 Å². The molecular formula is C20H28FIN4. The molecule has 2 N–H and O–H groups in total. The molecule has 2 rings (SSSR count). The Bertz CT molecular complexity index is 677. The van der Waals surface area contributed by atoms with Crippen LogP contribution in [0.15, 0.2) is 59.6 Å². The topological polar surface area (TPSA) is 39.7 Å². The van der Waals surface area contributed by atoms with Gasteiger partial charge in [-0.3, -0.25) is 4.99 Å². The van der Waals surface area contributed by atoms with Gasteiger partial charge in [-0.15, -0.1) is 24.0 Å². The normalized spacial score (nSPS) is 12.4. The molecule has 0 radical (unpaired) electrons. The molecule has 0 saturated carbocycles. The summed E-state index contributed by atoms with van der Waals surface area (Å²) in [4.78, 5) is 6.45. The molecule has 0 fully saturated rings. The molecule has 0 aliphatic heterocycles. The molecule has 1 atom stereocenters. The lowest BCUT2D eigenvalue weighted by Crippen LogP contribution is -2.42. The first-order chi connectivity index (χ1) is 12.1. The second kappa shape index (κ2) is 11.9. The Morgan fingerprint density at radius 1 is 1.08 bits per heavy atom. The first kappa shape index (κ1) is 22.4. The van der Waals surface area contributed by atoms with E-state index in [0.29, 0.717) is 6.54 Å². The summed E-state index contributed by atoms with van der Waals surface area (Å²) in [6.07, 6.45) is 0.744. The van der Waals surface area contributed by atoms with Crippen LogP contribution in [0, 0.1) is 5.82 Å². The number of hydrogen-bond acceptors (Lipinski definition) is 2. The maximum atomic E-state index is 13.2. The Kier molecular flexibility index (Phi) is 10.2. The zero-order valence-electron chi connectivity index (χ0n) is 15.6. The van der Waals surface area contributed by atoms with Crippen LogP contribution in [0.4, 0.5) is 4.39 Å². The number of benzene rings is 2. The third-order valence-corrected chi connectivity index (χ3v) is 4.09. The molecule has 142 valence electrons. The van der Waals surface area contributed by atoms with E-state index in [2.05, 4.69) is 58.9 Å². The van der Waals surface area contributed by atoms with Crippen LogP contribution in [0.2, 0.25) is 0 Å². The fourth-order valence-electron chi connectivity index (χ4n) is 2.71. The SMILES string of the molecule is CN=C(NCCc1cccc(F)c1)NCC(c1ccccc1)N(C)C.I. The summed E-state index contributed by atoms with van der Waals surface area (Å²) < 4.78 is 13.2. The molecule has 0 aromatic heterocycles. The largest absolute Gasteiger partial charge is 0.356 e. The van der Waals surface area contributed by atoms with Crippen molar-refractivity contribution in [1.82, 2.24) is 15.5 Å². The summed E-state index contributed by atoms with van der Waals surface area (Å²) in [5, 5.41) is 6.65. The van der Waals surface area contributed by atoms with Crippen molar-refractivity contribution in [1.29, 1.82) is 0 Å². The van der Waals surface area contributed by atoms with Gasteiger partial charge in [-0.05, 0) is 43.8 Å². The van der Waals surface area contributed by atoms with Crippen LogP contribution in [0.5, 0.6) is 0 Å². The van der Waals surface area contributed by atoms with Crippen molar-refractivity contribution in [3.8, 4) is 0 Å². The third-order valence-electron chi connectivity index (χ3n) is 4.09. The number of hydrogen-bond donors (Lipinski definition) is 2. The summed E-state index contributed by atoms with van der Waals surface area (Å²) in [6.45, 7) is 1.44. The lowest BCUT2D eigenvalue weighted by atomic mass is 10.1. The van der Waals surface area contributed by atoms with Crippen LogP contribution in [-0.2, 0) is 6.42 Å². The number of aliphatic imine (C=N–C) groups is 1. The number of rotatable bonds is 7. The van der Waals surface area contributed by atoms with E-state index in [4.69, 9.17) is 0 Å². The Morgan fingerprint density at radius 3 is 2.42 bits per heavy atom. The lowest BCUT2D eigenvalue weighted by Gasteiger charge is -2.26. The highest BCUT2D eigenvalue weighted by Gasteiger charge is 2.14. The summed E-state index contributed by atoms with van der Waals surface area (Å²) in [5.74, 6) is 0.552. The van der Waals surface area contributed by atoms with Crippen LogP contribution in [0.25, 0.3) is 0 Å². The van der Waals surface area contributed by atoms with Gasteiger partial charge >= 0.3 is 0 Å². The maximum Gasteiger partial charge on any atom is 0.191 e. The lowest BCUT2D eigenvalue weighted by molar-refractivity contribution is 0.298. The summed E-state index contributed by atoms with van der Waals surface area (Å²) in [7, 11) is 5.89. The van der Waals surface area contributed by atoms with Crippen molar-refractivity contribution in [2.45, 2.75) is 12.5 Å². The van der Waals surface area contributed by atoms with Gasteiger partial charge in [0.1, 0.15) is 5.82 Å². The Labute approximate surface area is 172 Å². The highest BCUT2D eigenvalue weighted by atomic mass is 127. The molecule has 4 nitrogen and oxygen atoms in total. The first-order valence-corrected chi connectivity index (χ1v) is 8.50. The number of likely N-dealkylation sites (N-methyl/N-ethyl adjacent to an activating group) is 1. The van der Waals surface area contributed by atoms with E-state index in [0.717, 1.165) is 24.5 Å². The smallest absolute Gasteiger partial charge is 0.191 e. The average Bonchev–Trinajstić information content (AvgIpc) is 2.61. The fraction of sp³-hybridized carbons (Fsp3) is 0.350. The van der Waals surface area contributed by atoms with Gasteiger partial charge in [0.25, 0.3) is 0 Å². The average molecular weight is 470 g/mol. The van der Waals surface area contributed by atoms with Crippen molar-refractivity contribution in [3.05, 3.63) is 71.5 Å². The van der Waals surface area contributed by atoms with E-state index in [1.165, 1.54) is 11.6 Å². The van der Waals surface area contributed by atoms with Crippen LogP contribution in [-0.4, -0.2) is 45.1 Å². The fourth-order valence-corrected chi connectivity index (χ4v) is 2.71. The number of nitrogens with zero attached hydrogens (tertiary/aromatic N) is 2. The second-order valence-corrected chi connectivity index (χ2v) is 6.15. The molecule has 0 aliphatic carbocycles. The zero-order chi connectivity index (χ0) is 18.1. The highest BCUT2D eigenvalue weighted by molar-refractivity contribution is 14.0. The van der Waals surface area contributed by atoms with Crippen LogP contribution < -0.4 is 10.6 Å². The number of nitrogens with one attached hydrogen (secondary N) is 2. The molecular weight excluding hydrogens is 442 g/mol. The van der Waals surface area contributed by atoms with Crippen molar-refractivity contribution >= 4 is 29.9 Å². The van der Waals surface area contributed by atoms with E-state index < -0.39 is 0 Å². The van der Waals surface area contributed by atoms with Crippen molar-refractivity contribution in [3.63, 3.8) is 0 Å². The van der Waals surface area contributed by atoms with Gasteiger partial charge in [0, 0.05) is 20.1 Å². The molecule has 0 saturated heterocycles. The second-order valence-electron chi connectivity index (χ2n) is 6.15. The van der Waals surface area contributed by atoms with Crippen molar-refractivity contribution < 1.29 is 4.39 Å². The van der Waals surface area contributed by atoms with Gasteiger partial charge in [-0.2, -0.15) is 0 Å². The predicted molar refractivity (Wildman–Crippen MR) is 118 cm³/mol. The van der Waals surface area contributed by atoms with Crippen molar-refractivity contribution in [2.75, 3.05) is 34.2 Å². The van der Waals surface area contributed by atoms with Gasteiger partial charge in [0.2, 0.25) is 0 Å². The minimum atomic E-state index is -0.198. The van der Waals surface area contributed by atoms with Crippen LogP contribution in [0.1, 0.15) is 17.2 Å². The van der Waals surface area contributed by atoms with E-state index in [9.17, 15) is 4.39 Å². The molecule has 2 aromatic carbocycles. The third kappa shape index (κ3) is 7.29. The molecule has 1 unspecified atom stereocenters. The molecule has 0 spiro atoms. The highest BCUT2D eigenvalue weighted by Crippen LogP contribution is 2.16. The maximum absolute atomic E-state index is 13.2. The van der Waals surface area contributed by atoms with E-state index in [-0.39, 0.29) is 35.8 Å². The minimum absolute atomic E-state index is 0. The monoisotopic (exact) mass is 470 g/mol. The van der Waals surface area contributed by atoms with Gasteiger partial charge in [-0.1, -0.05) is 42.5 Å².